The molecule has 0 aromatic heterocycles. The quantitative estimate of drug-likeness (QED) is 0.220. The minimum atomic E-state index is -3.32. The number of aliphatic hydroxyl groups excluding tert-OH is 2. The number of rotatable bonds is 11. The van der Waals surface area contributed by atoms with Crippen molar-refractivity contribution in [2.45, 2.75) is 67.1 Å². The summed E-state index contributed by atoms with van der Waals surface area (Å²) < 4.78 is 69.5. The summed E-state index contributed by atoms with van der Waals surface area (Å²) in [6.45, 7) is 18.4. The first-order chi connectivity index (χ1) is 15.7. The molecule has 0 amide bonds. The highest BCUT2D eigenvalue weighted by Crippen LogP contribution is 2.14. The van der Waals surface area contributed by atoms with Gasteiger partial charge in [-0.15, -0.1) is 0 Å². The van der Waals surface area contributed by atoms with Gasteiger partial charge in [-0.05, 0) is 31.6 Å². The van der Waals surface area contributed by atoms with E-state index in [1.54, 1.807) is 25.7 Å². The fourth-order valence-electron chi connectivity index (χ4n) is 2.12. The first-order valence-corrected chi connectivity index (χ1v) is 16.6. The Morgan fingerprint density at radius 1 is 0.722 bits per heavy atom. The van der Waals surface area contributed by atoms with Crippen molar-refractivity contribution in [2.24, 2.45) is 16.0 Å². The lowest BCUT2D eigenvalue weighted by Crippen LogP contribution is -2.43. The molecule has 12 nitrogen and oxygen atoms in total. The van der Waals surface area contributed by atoms with Crippen LogP contribution >= 0.6 is 0 Å². The SMILES string of the molecule is CC(C)(C)CNS(C)(=O)=O.CC(C)(C)CS(N)(=O)=O.CC(C)(C)S(=O)(=O)NCCN(CCO)CCO. The van der Waals surface area contributed by atoms with Gasteiger partial charge in [0.25, 0.3) is 0 Å². The molecule has 0 aliphatic heterocycles. The van der Waals surface area contributed by atoms with E-state index in [1.807, 2.05) is 41.5 Å². The average Bonchev–Trinajstić information content (AvgIpc) is 2.56. The molecule has 0 spiro atoms. The Hall–Kier alpha value is -0.390. The Morgan fingerprint density at radius 3 is 1.33 bits per heavy atom. The summed E-state index contributed by atoms with van der Waals surface area (Å²) in [5, 5.41) is 22.4. The molecule has 0 unspecified atom stereocenters. The van der Waals surface area contributed by atoms with Crippen molar-refractivity contribution in [3.05, 3.63) is 0 Å². The molecule has 6 N–H and O–H groups in total. The molecule has 0 heterocycles. The van der Waals surface area contributed by atoms with Gasteiger partial charge in [0.2, 0.25) is 30.1 Å². The van der Waals surface area contributed by atoms with Gasteiger partial charge in [0.1, 0.15) is 0 Å². The number of sulfonamides is 3. The van der Waals surface area contributed by atoms with Gasteiger partial charge in [0, 0.05) is 32.7 Å². The maximum Gasteiger partial charge on any atom is 0.216 e. The third kappa shape index (κ3) is 29.8. The number of hydrogen-bond donors (Lipinski definition) is 5. The summed E-state index contributed by atoms with van der Waals surface area (Å²) in [6, 6.07) is 0. The summed E-state index contributed by atoms with van der Waals surface area (Å²) in [4.78, 5) is 1.80. The monoisotopic (exact) mass is 584 g/mol. The molecule has 36 heavy (non-hydrogen) atoms. The number of nitrogens with two attached hydrogens (primary N) is 1. The fourth-order valence-corrected chi connectivity index (χ4v) is 4.82. The van der Waals surface area contributed by atoms with Gasteiger partial charge >= 0.3 is 0 Å². The maximum atomic E-state index is 11.7. The molecule has 222 valence electrons. The van der Waals surface area contributed by atoms with Crippen LogP contribution in [0.5, 0.6) is 0 Å². The van der Waals surface area contributed by atoms with Crippen molar-refractivity contribution in [1.29, 1.82) is 0 Å². The van der Waals surface area contributed by atoms with Crippen molar-refractivity contribution in [3.8, 4) is 0 Å². The van der Waals surface area contributed by atoms with E-state index in [0.29, 0.717) is 26.2 Å². The Bertz CT molecular complexity index is 894. The molecule has 0 rings (SSSR count). The van der Waals surface area contributed by atoms with Gasteiger partial charge < -0.3 is 10.2 Å². The molecule has 0 aromatic rings. The smallest absolute Gasteiger partial charge is 0.216 e. The maximum absolute atomic E-state index is 11.7. The zero-order chi connectivity index (χ0) is 29.6. The number of hydrogen-bond acceptors (Lipinski definition) is 9. The number of nitrogens with one attached hydrogen (secondary N) is 2. The molecule has 0 atom stereocenters. The van der Waals surface area contributed by atoms with Crippen LogP contribution in [-0.4, -0.2) is 103 Å². The van der Waals surface area contributed by atoms with Crippen molar-refractivity contribution >= 4 is 30.1 Å². The lowest BCUT2D eigenvalue weighted by atomic mass is 9.98. The lowest BCUT2D eigenvalue weighted by Gasteiger charge is -2.23. The zero-order valence-corrected chi connectivity index (χ0v) is 26.2. The van der Waals surface area contributed by atoms with Crippen LogP contribution in [0.1, 0.15) is 62.3 Å². The average molecular weight is 585 g/mol. The Balaban J connectivity index is -0.000000490. The van der Waals surface area contributed by atoms with Crippen molar-refractivity contribution in [3.63, 3.8) is 0 Å². The molecule has 0 saturated carbocycles. The van der Waals surface area contributed by atoms with Crippen LogP contribution in [0.4, 0.5) is 0 Å². The third-order valence-electron chi connectivity index (χ3n) is 3.86. The highest BCUT2D eigenvalue weighted by molar-refractivity contribution is 7.90. The van der Waals surface area contributed by atoms with E-state index in [9.17, 15) is 25.3 Å². The summed E-state index contributed by atoms with van der Waals surface area (Å²) in [5.74, 6) is 0.0417. The number of nitrogens with zero attached hydrogens (tertiary/aromatic N) is 1. The topological polar surface area (TPSA) is 196 Å². The van der Waals surface area contributed by atoms with E-state index < -0.39 is 34.8 Å². The molecule has 0 radical (unpaired) electrons. The molecule has 15 heteroatoms. The van der Waals surface area contributed by atoms with Gasteiger partial charge in [-0.25, -0.2) is 39.8 Å². The van der Waals surface area contributed by atoms with Crippen LogP contribution in [0.25, 0.3) is 0 Å². The minimum absolute atomic E-state index is 0.00792. The number of primary sulfonamides is 1. The second-order valence-corrected chi connectivity index (χ2v) is 17.8. The summed E-state index contributed by atoms with van der Waals surface area (Å²) in [5.41, 5.74) is -0.212. The summed E-state index contributed by atoms with van der Waals surface area (Å²) >= 11 is 0. The van der Waals surface area contributed by atoms with E-state index in [4.69, 9.17) is 15.4 Å². The molecule has 0 fully saturated rings. The molecular formula is C21H52N4O8S3. The highest BCUT2D eigenvalue weighted by Gasteiger charge is 2.28. The standard InChI is InChI=1S/C10H24N2O4S.C6H15NO2S.C5H13NO2S/c1-10(2,3)17(15,16)11-4-5-12(6-8-13)7-9-14;1-6(2,3)5-7-10(4,8)9;1-5(2,3)4-9(6,7)8/h11,13-14H,4-9H2,1-3H3;7H,5H2,1-4H3;4H2,1-3H3,(H2,6,7,8). The second-order valence-electron chi connectivity index (χ2n) is 11.8. The van der Waals surface area contributed by atoms with E-state index in [0.717, 1.165) is 0 Å². The van der Waals surface area contributed by atoms with Gasteiger partial charge in [0.15, 0.2) is 0 Å². The first kappa shape index (κ1) is 40.1. The predicted octanol–water partition coefficient (Wildman–Crippen LogP) is -0.106. The van der Waals surface area contributed by atoms with Crippen LogP contribution in [0, 0.1) is 10.8 Å². The molecule has 0 bridgehead atoms. The lowest BCUT2D eigenvalue weighted by molar-refractivity contribution is 0.163. The summed E-state index contributed by atoms with van der Waals surface area (Å²) in [6.07, 6.45) is 1.17. The van der Waals surface area contributed by atoms with Gasteiger partial charge in [-0.1, -0.05) is 41.5 Å². The van der Waals surface area contributed by atoms with Gasteiger partial charge in [-0.2, -0.15) is 0 Å². The van der Waals surface area contributed by atoms with E-state index in [-0.39, 0.29) is 36.3 Å². The van der Waals surface area contributed by atoms with Gasteiger partial charge in [-0.3, -0.25) is 4.90 Å². The number of aliphatic hydroxyl groups is 2. The summed E-state index contributed by atoms with van der Waals surface area (Å²) in [7, 11) is -9.61. The Morgan fingerprint density at radius 2 is 1.14 bits per heavy atom. The minimum Gasteiger partial charge on any atom is -0.395 e. The second kappa shape index (κ2) is 16.5. The van der Waals surface area contributed by atoms with E-state index in [1.165, 1.54) is 6.26 Å². The van der Waals surface area contributed by atoms with Gasteiger partial charge in [0.05, 0.1) is 30.0 Å². The molecule has 0 aliphatic carbocycles. The van der Waals surface area contributed by atoms with Crippen LogP contribution in [0.2, 0.25) is 0 Å². The molecule has 0 aliphatic rings. The fraction of sp³-hybridized carbons (Fsp3) is 1.00. The first-order valence-electron chi connectivity index (χ1n) is 11.5. The van der Waals surface area contributed by atoms with Crippen LogP contribution in [0.3, 0.4) is 0 Å². The zero-order valence-electron chi connectivity index (χ0n) is 23.8. The van der Waals surface area contributed by atoms with Crippen LogP contribution in [-0.2, 0) is 30.1 Å². The van der Waals surface area contributed by atoms with E-state index >= 15 is 0 Å². The van der Waals surface area contributed by atoms with Crippen molar-refractivity contribution in [1.82, 2.24) is 14.3 Å². The molecular weight excluding hydrogens is 532 g/mol. The molecule has 0 saturated heterocycles. The largest absolute Gasteiger partial charge is 0.395 e. The van der Waals surface area contributed by atoms with Crippen LogP contribution < -0.4 is 14.6 Å². The van der Waals surface area contributed by atoms with E-state index in [2.05, 4.69) is 9.44 Å². The van der Waals surface area contributed by atoms with Crippen molar-refractivity contribution in [2.75, 3.05) is 57.9 Å². The van der Waals surface area contributed by atoms with Crippen molar-refractivity contribution < 1.29 is 35.5 Å². The third-order valence-corrected chi connectivity index (χ3v) is 7.99. The normalized spacial score (nSPS) is 13.5. The highest BCUT2D eigenvalue weighted by atomic mass is 32.2. The predicted molar refractivity (Wildman–Crippen MR) is 147 cm³/mol. The van der Waals surface area contributed by atoms with Crippen LogP contribution in [0.15, 0.2) is 0 Å². The molecule has 0 aromatic carbocycles. The Labute approximate surface area is 220 Å². The Kier molecular flexibility index (Phi) is 18.4.